The van der Waals surface area contributed by atoms with E-state index in [9.17, 15) is 14.7 Å². The molecule has 11 nitrogen and oxygen atoms in total. The second-order valence-electron chi connectivity index (χ2n) is 15.3. The van der Waals surface area contributed by atoms with Crippen LogP contribution in [0.2, 0.25) is 10.0 Å². The standard InChI is InChI=1S/C47H44Cl2N4O7/c1-26-27(2)50-16-15-37(26)32-8-5-30(6-9-32)18-40(47(55)56)52-46(54)42-19-34-20-43-44(21-35(34)22-53(42)23-41-28(3)59-29(4)51-41)60-45(25-58-43)33-10-12-36(13-11-33)57-24-31-7-14-38(48)39(49)17-31/h5-17,20-21,40,42,45H,18-19,22-25H2,1-4H3,(H,52,54)(H,55,56)/t40?,42-,45+/m0/s1. The van der Waals surface area contributed by atoms with E-state index in [-0.39, 0.29) is 18.4 Å². The number of fused-ring (bicyclic) bond motifs is 2. The monoisotopic (exact) mass is 846 g/mol. The number of ether oxygens (including phenoxy) is 3. The van der Waals surface area contributed by atoms with Crippen LogP contribution >= 0.6 is 23.2 Å². The normalized spacial score (nSPS) is 16.5. The van der Waals surface area contributed by atoms with E-state index in [1.54, 1.807) is 25.3 Å². The van der Waals surface area contributed by atoms with Gasteiger partial charge in [0.1, 0.15) is 30.8 Å². The lowest BCUT2D eigenvalue weighted by atomic mass is 9.91. The molecule has 2 aliphatic rings. The predicted molar refractivity (Wildman–Crippen MR) is 228 cm³/mol. The van der Waals surface area contributed by atoms with Crippen LogP contribution in [0.3, 0.4) is 0 Å². The molecule has 3 atom stereocenters. The fraction of sp³-hybridized carbons (Fsp3) is 0.277. The molecule has 2 aromatic heterocycles. The van der Waals surface area contributed by atoms with Gasteiger partial charge in [0.15, 0.2) is 23.5 Å². The highest BCUT2D eigenvalue weighted by Crippen LogP contribution is 2.41. The largest absolute Gasteiger partial charge is 0.489 e. The first-order chi connectivity index (χ1) is 28.9. The van der Waals surface area contributed by atoms with Crippen LogP contribution < -0.4 is 19.5 Å². The van der Waals surface area contributed by atoms with Crippen LogP contribution in [0, 0.1) is 27.7 Å². The zero-order chi connectivity index (χ0) is 42.1. The van der Waals surface area contributed by atoms with Crippen molar-refractivity contribution in [1.82, 2.24) is 20.2 Å². The van der Waals surface area contributed by atoms with Crippen LogP contribution in [0.25, 0.3) is 11.1 Å². The van der Waals surface area contributed by atoms with Gasteiger partial charge >= 0.3 is 5.97 Å². The number of halogens is 2. The number of pyridine rings is 1. The molecule has 4 heterocycles. The van der Waals surface area contributed by atoms with E-state index in [0.717, 1.165) is 50.2 Å². The summed E-state index contributed by atoms with van der Waals surface area (Å²) in [4.78, 5) is 37.8. The minimum atomic E-state index is -1.15. The number of hydrogen-bond acceptors (Lipinski definition) is 9. The first-order valence-electron chi connectivity index (χ1n) is 19.7. The number of carboxylic acid groups (broad SMARTS) is 1. The molecular formula is C47H44Cl2N4O7. The third kappa shape index (κ3) is 8.99. The molecule has 0 spiro atoms. The molecule has 0 aliphatic carbocycles. The van der Waals surface area contributed by atoms with Crippen LogP contribution in [0.1, 0.15) is 62.5 Å². The van der Waals surface area contributed by atoms with E-state index >= 15 is 0 Å². The first-order valence-corrected chi connectivity index (χ1v) is 20.5. The van der Waals surface area contributed by atoms with Crippen LogP contribution in [-0.2, 0) is 42.1 Å². The summed E-state index contributed by atoms with van der Waals surface area (Å²) >= 11 is 12.2. The minimum absolute atomic E-state index is 0.120. The Labute approximate surface area is 358 Å². The lowest BCUT2D eigenvalue weighted by Gasteiger charge is -2.37. The number of carbonyl (C=O) groups is 2. The summed E-state index contributed by atoms with van der Waals surface area (Å²) in [5.74, 6) is 1.59. The van der Waals surface area contributed by atoms with Crippen molar-refractivity contribution in [2.45, 2.75) is 78.4 Å². The fourth-order valence-corrected chi connectivity index (χ4v) is 8.08. The molecule has 0 saturated heterocycles. The lowest BCUT2D eigenvalue weighted by molar-refractivity contribution is -0.142. The van der Waals surface area contributed by atoms with E-state index in [0.29, 0.717) is 77.4 Å². The van der Waals surface area contributed by atoms with Crippen molar-refractivity contribution < 1.29 is 33.3 Å². The van der Waals surface area contributed by atoms with Crippen molar-refractivity contribution in [2.24, 2.45) is 0 Å². The lowest BCUT2D eigenvalue weighted by Crippen LogP contribution is -2.54. The topological polar surface area (TPSA) is 136 Å². The molecular weight excluding hydrogens is 803 g/mol. The summed E-state index contributed by atoms with van der Waals surface area (Å²) in [7, 11) is 0. The first kappa shape index (κ1) is 40.9. The number of nitrogens with zero attached hydrogens (tertiary/aromatic N) is 3. The van der Waals surface area contributed by atoms with Gasteiger partial charge in [-0.1, -0.05) is 65.7 Å². The van der Waals surface area contributed by atoms with Crippen LogP contribution in [0.5, 0.6) is 17.2 Å². The Hall–Kier alpha value is -5.88. The summed E-state index contributed by atoms with van der Waals surface area (Å²) in [5, 5.41) is 14.2. The molecule has 2 N–H and O–H groups in total. The van der Waals surface area contributed by atoms with Crippen LogP contribution in [-0.4, -0.2) is 50.5 Å². The van der Waals surface area contributed by atoms with E-state index in [4.69, 9.17) is 41.8 Å². The maximum absolute atomic E-state index is 14.2. The van der Waals surface area contributed by atoms with Crippen molar-refractivity contribution in [2.75, 3.05) is 6.61 Å². The summed E-state index contributed by atoms with van der Waals surface area (Å²) in [6, 6.07) is 24.9. The number of oxazole rings is 1. The van der Waals surface area contributed by atoms with Gasteiger partial charge in [0.25, 0.3) is 0 Å². The van der Waals surface area contributed by atoms with Gasteiger partial charge in [-0.05, 0) is 114 Å². The molecule has 308 valence electrons. The zero-order valence-electron chi connectivity index (χ0n) is 33.6. The molecule has 1 unspecified atom stereocenters. The Balaban J connectivity index is 0.973. The molecule has 6 aromatic rings. The number of rotatable bonds is 12. The molecule has 0 saturated carbocycles. The maximum atomic E-state index is 14.2. The summed E-state index contributed by atoms with van der Waals surface area (Å²) in [6.07, 6.45) is 1.87. The van der Waals surface area contributed by atoms with Crippen LogP contribution in [0.4, 0.5) is 0 Å². The second-order valence-corrected chi connectivity index (χ2v) is 16.1. The van der Waals surface area contributed by atoms with Gasteiger partial charge in [0.05, 0.1) is 21.8 Å². The van der Waals surface area contributed by atoms with Crippen molar-refractivity contribution in [3.05, 3.63) is 158 Å². The Bertz CT molecular complexity index is 2560. The number of carbonyl (C=O) groups excluding carboxylic acids is 1. The SMILES string of the molecule is Cc1nc(CN2Cc3cc4c(cc3C[C@H]2C(=O)NC(Cc2ccc(-c3ccnc(C)c3C)cc2)C(=O)O)OC[C@H](c2ccc(OCc3ccc(Cl)c(Cl)c3)cc2)O4)c(C)o1. The fourth-order valence-electron chi connectivity index (χ4n) is 7.76. The molecule has 0 fully saturated rings. The zero-order valence-corrected chi connectivity index (χ0v) is 35.1. The average Bonchev–Trinajstić information content (AvgIpc) is 3.56. The van der Waals surface area contributed by atoms with Crippen molar-refractivity contribution in [1.29, 1.82) is 0 Å². The highest BCUT2D eigenvalue weighted by Gasteiger charge is 2.36. The van der Waals surface area contributed by atoms with Crippen molar-refractivity contribution >= 4 is 35.1 Å². The minimum Gasteiger partial charge on any atom is -0.489 e. The number of benzene rings is 4. The third-order valence-electron chi connectivity index (χ3n) is 11.2. The van der Waals surface area contributed by atoms with E-state index < -0.39 is 18.1 Å². The number of aromatic nitrogens is 2. The smallest absolute Gasteiger partial charge is 0.326 e. The van der Waals surface area contributed by atoms with Gasteiger partial charge < -0.3 is 29.1 Å². The molecule has 0 radical (unpaired) electrons. The number of aliphatic carboxylic acids is 1. The predicted octanol–water partition coefficient (Wildman–Crippen LogP) is 9.11. The van der Waals surface area contributed by atoms with Gasteiger partial charge in [-0.25, -0.2) is 9.78 Å². The van der Waals surface area contributed by atoms with Crippen molar-refractivity contribution in [3.8, 4) is 28.4 Å². The van der Waals surface area contributed by atoms with Crippen molar-refractivity contribution in [3.63, 3.8) is 0 Å². The Morgan fingerprint density at radius 1 is 0.917 bits per heavy atom. The van der Waals surface area contributed by atoms with Gasteiger partial charge in [-0.2, -0.15) is 0 Å². The van der Waals surface area contributed by atoms with Gasteiger partial charge in [-0.15, -0.1) is 0 Å². The third-order valence-corrected chi connectivity index (χ3v) is 12.0. The number of aryl methyl sites for hydroxylation is 3. The van der Waals surface area contributed by atoms with E-state index in [1.807, 2.05) is 98.5 Å². The maximum Gasteiger partial charge on any atom is 0.326 e. The second kappa shape index (κ2) is 17.4. The molecule has 4 aromatic carbocycles. The quantitative estimate of drug-likeness (QED) is 0.123. The molecule has 60 heavy (non-hydrogen) atoms. The number of nitrogens with one attached hydrogen (secondary N) is 1. The molecule has 1 amide bonds. The Kier molecular flexibility index (Phi) is 11.8. The summed E-state index contributed by atoms with van der Waals surface area (Å²) in [6.45, 7) is 8.98. The number of amides is 1. The van der Waals surface area contributed by atoms with Gasteiger partial charge in [0.2, 0.25) is 5.91 Å². The van der Waals surface area contributed by atoms with Gasteiger partial charge in [0, 0.05) is 38.3 Å². The average molecular weight is 848 g/mol. The molecule has 2 aliphatic heterocycles. The van der Waals surface area contributed by atoms with Crippen LogP contribution in [0.15, 0.2) is 95.5 Å². The highest BCUT2D eigenvalue weighted by atomic mass is 35.5. The van der Waals surface area contributed by atoms with E-state index in [1.165, 1.54) is 0 Å². The molecule has 0 bridgehead atoms. The number of carboxylic acids is 1. The summed E-state index contributed by atoms with van der Waals surface area (Å²) < 4.78 is 24.5. The Morgan fingerprint density at radius 2 is 1.67 bits per heavy atom. The van der Waals surface area contributed by atoms with Gasteiger partial charge in [-0.3, -0.25) is 14.7 Å². The Morgan fingerprint density at radius 3 is 2.38 bits per heavy atom. The number of hydrogen-bond donors (Lipinski definition) is 2. The summed E-state index contributed by atoms with van der Waals surface area (Å²) in [5.41, 5.74) is 9.36. The molecule has 13 heteroatoms. The highest BCUT2D eigenvalue weighted by molar-refractivity contribution is 6.42. The van der Waals surface area contributed by atoms with E-state index in [2.05, 4.69) is 15.3 Å². The molecule has 8 rings (SSSR count).